The third-order valence-electron chi connectivity index (χ3n) is 3.52. The van der Waals surface area contributed by atoms with E-state index in [0.717, 1.165) is 38.3 Å². The first-order chi connectivity index (χ1) is 9.36. The van der Waals surface area contributed by atoms with E-state index in [-0.39, 0.29) is 0 Å². The van der Waals surface area contributed by atoms with Gasteiger partial charge in [-0.15, -0.1) is 0 Å². The number of guanidine groups is 1. The highest BCUT2D eigenvalue weighted by Crippen LogP contribution is 2.25. The topological polar surface area (TPSA) is 53.6 Å². The second-order valence-corrected chi connectivity index (χ2v) is 4.94. The molecule has 0 radical (unpaired) electrons. The Labute approximate surface area is 115 Å². The van der Waals surface area contributed by atoms with Gasteiger partial charge in [0.1, 0.15) is 0 Å². The average molecular weight is 260 g/mol. The van der Waals surface area contributed by atoms with Crippen LogP contribution in [0.4, 0.5) is 5.69 Å². The molecular weight excluding hydrogens is 236 g/mol. The molecular formula is C15H24N4. The maximum atomic E-state index is 5.67. The number of hydrazine groups is 1. The summed E-state index contributed by atoms with van der Waals surface area (Å²) in [5.74, 6) is 6.47. The van der Waals surface area contributed by atoms with Gasteiger partial charge in [-0.1, -0.05) is 31.5 Å². The van der Waals surface area contributed by atoms with Crippen LogP contribution in [0.5, 0.6) is 0 Å². The lowest BCUT2D eigenvalue weighted by atomic mass is 10.1. The van der Waals surface area contributed by atoms with Gasteiger partial charge in [-0.05, 0) is 37.3 Å². The molecule has 4 nitrogen and oxygen atoms in total. The van der Waals surface area contributed by atoms with Crippen LogP contribution in [0.1, 0.15) is 38.2 Å². The third kappa shape index (κ3) is 3.47. The van der Waals surface area contributed by atoms with Gasteiger partial charge >= 0.3 is 0 Å². The number of anilines is 1. The molecule has 0 spiro atoms. The molecule has 0 amide bonds. The lowest BCUT2D eigenvalue weighted by Crippen LogP contribution is -2.45. The second kappa shape index (κ2) is 7.14. The van der Waals surface area contributed by atoms with Crippen LogP contribution in [-0.4, -0.2) is 19.0 Å². The zero-order chi connectivity index (χ0) is 13.5. The summed E-state index contributed by atoms with van der Waals surface area (Å²) in [6.07, 6.45) is 5.78. The minimum atomic E-state index is 0.794. The monoisotopic (exact) mass is 260 g/mol. The number of benzene rings is 1. The third-order valence-corrected chi connectivity index (χ3v) is 3.52. The second-order valence-electron chi connectivity index (χ2n) is 4.94. The van der Waals surface area contributed by atoms with Gasteiger partial charge in [-0.25, -0.2) is 5.84 Å². The Morgan fingerprint density at radius 2 is 2.21 bits per heavy atom. The molecule has 0 unspecified atom stereocenters. The van der Waals surface area contributed by atoms with E-state index in [1.54, 1.807) is 0 Å². The first-order valence-corrected chi connectivity index (χ1v) is 7.23. The fourth-order valence-electron chi connectivity index (χ4n) is 2.46. The predicted octanol–water partition coefficient (Wildman–Crippen LogP) is 2.45. The van der Waals surface area contributed by atoms with Gasteiger partial charge in [0.15, 0.2) is 0 Å². The fraction of sp³-hybridized carbons (Fsp3) is 0.533. The van der Waals surface area contributed by atoms with Crippen LogP contribution in [0, 0.1) is 0 Å². The SMILES string of the molecule is CCCCN=C(NN)N1CCCCc2ccccc21. The molecule has 0 bridgehead atoms. The first-order valence-electron chi connectivity index (χ1n) is 7.23. The van der Waals surface area contributed by atoms with Gasteiger partial charge < -0.3 is 4.90 Å². The van der Waals surface area contributed by atoms with Crippen LogP contribution in [0.3, 0.4) is 0 Å². The highest BCUT2D eigenvalue weighted by atomic mass is 15.4. The van der Waals surface area contributed by atoms with Gasteiger partial charge in [0.25, 0.3) is 0 Å². The minimum absolute atomic E-state index is 0.794. The van der Waals surface area contributed by atoms with Crippen molar-refractivity contribution in [2.45, 2.75) is 39.0 Å². The summed E-state index contributed by atoms with van der Waals surface area (Å²) in [6.45, 7) is 3.98. The summed E-state index contributed by atoms with van der Waals surface area (Å²) in [5, 5.41) is 0. The highest BCUT2D eigenvalue weighted by molar-refractivity contribution is 5.96. The molecule has 0 aromatic heterocycles. The van der Waals surface area contributed by atoms with Gasteiger partial charge in [-0.2, -0.15) is 0 Å². The van der Waals surface area contributed by atoms with Crippen molar-refractivity contribution in [3.63, 3.8) is 0 Å². The molecule has 1 aromatic rings. The van der Waals surface area contributed by atoms with Crippen LogP contribution >= 0.6 is 0 Å². The molecule has 0 saturated carbocycles. The zero-order valence-electron chi connectivity index (χ0n) is 11.7. The van der Waals surface area contributed by atoms with E-state index in [9.17, 15) is 0 Å². The van der Waals surface area contributed by atoms with Gasteiger partial charge in [0.2, 0.25) is 5.96 Å². The minimum Gasteiger partial charge on any atom is -0.311 e. The summed E-state index contributed by atoms with van der Waals surface area (Å²) >= 11 is 0. The summed E-state index contributed by atoms with van der Waals surface area (Å²) in [4.78, 5) is 6.82. The number of para-hydroxylation sites is 1. The van der Waals surface area contributed by atoms with Crippen molar-refractivity contribution in [3.8, 4) is 0 Å². The molecule has 0 saturated heterocycles. The molecule has 3 N–H and O–H groups in total. The van der Waals surface area contributed by atoms with Gasteiger partial charge in [0.05, 0.1) is 0 Å². The standard InChI is InChI=1S/C15H24N4/c1-2-3-11-17-15(18-16)19-12-7-6-9-13-8-4-5-10-14(13)19/h4-5,8,10H,2-3,6-7,9,11-12,16H2,1H3,(H,17,18). The number of nitrogens with zero attached hydrogens (tertiary/aromatic N) is 2. The molecule has 2 rings (SSSR count). The predicted molar refractivity (Wildman–Crippen MR) is 81.3 cm³/mol. The van der Waals surface area contributed by atoms with Crippen LogP contribution in [0.15, 0.2) is 29.3 Å². The van der Waals surface area contributed by atoms with E-state index in [4.69, 9.17) is 5.84 Å². The Morgan fingerprint density at radius 1 is 1.37 bits per heavy atom. The summed E-state index contributed by atoms with van der Waals surface area (Å²) in [7, 11) is 0. The normalized spacial score (nSPS) is 15.9. The number of unbranched alkanes of at least 4 members (excludes halogenated alkanes) is 1. The van der Waals surface area contributed by atoms with E-state index < -0.39 is 0 Å². The Bertz CT molecular complexity index is 428. The molecule has 0 aliphatic carbocycles. The number of hydrogen-bond donors (Lipinski definition) is 2. The highest BCUT2D eigenvalue weighted by Gasteiger charge is 2.18. The van der Waals surface area contributed by atoms with Crippen molar-refractivity contribution < 1.29 is 0 Å². The quantitative estimate of drug-likeness (QED) is 0.288. The number of aryl methyl sites for hydroxylation is 1. The smallest absolute Gasteiger partial charge is 0.212 e. The molecule has 0 fully saturated rings. The van der Waals surface area contributed by atoms with Crippen LogP contribution in [-0.2, 0) is 6.42 Å². The average Bonchev–Trinajstić information content (AvgIpc) is 2.66. The van der Waals surface area contributed by atoms with Crippen LogP contribution < -0.4 is 16.2 Å². The molecule has 1 aliphatic rings. The maximum absolute atomic E-state index is 5.67. The van der Waals surface area contributed by atoms with Crippen molar-refractivity contribution in [1.29, 1.82) is 0 Å². The summed E-state index contributed by atoms with van der Waals surface area (Å²) in [6, 6.07) is 8.55. The van der Waals surface area contributed by atoms with E-state index in [1.807, 2.05) is 0 Å². The van der Waals surface area contributed by atoms with E-state index in [0.29, 0.717) is 0 Å². The van der Waals surface area contributed by atoms with Crippen molar-refractivity contribution in [1.82, 2.24) is 5.43 Å². The number of hydrogen-bond acceptors (Lipinski definition) is 2. The molecule has 104 valence electrons. The van der Waals surface area contributed by atoms with Gasteiger partial charge in [-0.3, -0.25) is 10.4 Å². The number of aliphatic imine (C=N–C) groups is 1. The summed E-state index contributed by atoms with van der Waals surface area (Å²) in [5.41, 5.74) is 5.41. The largest absolute Gasteiger partial charge is 0.311 e. The Hall–Kier alpha value is -1.55. The van der Waals surface area contributed by atoms with Crippen molar-refractivity contribution in [2.24, 2.45) is 10.8 Å². The molecule has 1 aromatic carbocycles. The van der Waals surface area contributed by atoms with E-state index in [1.165, 1.54) is 24.1 Å². The van der Waals surface area contributed by atoms with E-state index in [2.05, 4.69) is 46.5 Å². The van der Waals surface area contributed by atoms with Crippen LogP contribution in [0.2, 0.25) is 0 Å². The van der Waals surface area contributed by atoms with Crippen molar-refractivity contribution >= 4 is 11.6 Å². The Kier molecular flexibility index (Phi) is 5.21. The summed E-state index contributed by atoms with van der Waals surface area (Å²) < 4.78 is 0. The Balaban J connectivity index is 2.24. The number of fused-ring (bicyclic) bond motifs is 1. The number of nitrogens with two attached hydrogens (primary N) is 1. The van der Waals surface area contributed by atoms with Crippen LogP contribution in [0.25, 0.3) is 0 Å². The number of nitrogens with one attached hydrogen (secondary N) is 1. The Morgan fingerprint density at radius 3 is 3.00 bits per heavy atom. The maximum Gasteiger partial charge on any atom is 0.212 e. The van der Waals surface area contributed by atoms with E-state index >= 15 is 0 Å². The van der Waals surface area contributed by atoms with Crippen molar-refractivity contribution in [2.75, 3.05) is 18.0 Å². The van der Waals surface area contributed by atoms with Gasteiger partial charge in [0, 0.05) is 18.8 Å². The fourth-order valence-corrected chi connectivity index (χ4v) is 2.46. The zero-order valence-corrected chi connectivity index (χ0v) is 11.7. The molecule has 19 heavy (non-hydrogen) atoms. The molecule has 1 aliphatic heterocycles. The number of rotatable bonds is 3. The first kappa shape index (κ1) is 13.9. The van der Waals surface area contributed by atoms with Crippen molar-refractivity contribution in [3.05, 3.63) is 29.8 Å². The molecule has 0 atom stereocenters. The molecule has 4 heteroatoms. The lowest BCUT2D eigenvalue weighted by molar-refractivity contribution is 0.751. The lowest BCUT2D eigenvalue weighted by Gasteiger charge is -2.25. The molecule has 1 heterocycles.